The summed E-state index contributed by atoms with van der Waals surface area (Å²) in [6, 6.07) is 9.90. The minimum Gasteiger partial charge on any atom is -0.272 e. The van der Waals surface area contributed by atoms with Crippen LogP contribution in [0.5, 0.6) is 0 Å². The highest BCUT2D eigenvalue weighted by atomic mass is 32.2. The van der Waals surface area contributed by atoms with E-state index in [9.17, 15) is 9.59 Å². The Morgan fingerprint density at radius 3 is 2.88 bits per heavy atom. The number of carbonyl (C=O) groups is 2. The third kappa shape index (κ3) is 4.64. The number of hydrogen-bond donors (Lipinski definition) is 2. The summed E-state index contributed by atoms with van der Waals surface area (Å²) in [6.45, 7) is 4.26. The van der Waals surface area contributed by atoms with Crippen molar-refractivity contribution in [2.45, 2.75) is 38.0 Å². The Balaban J connectivity index is 1.49. The Hall–Kier alpha value is -1.79. The van der Waals surface area contributed by atoms with Gasteiger partial charge < -0.3 is 0 Å². The number of thiophene rings is 1. The van der Waals surface area contributed by atoms with Crippen LogP contribution in [0.2, 0.25) is 0 Å². The third-order valence-electron chi connectivity index (χ3n) is 4.32. The van der Waals surface area contributed by atoms with Crippen molar-refractivity contribution >= 4 is 34.9 Å². The van der Waals surface area contributed by atoms with Crippen molar-refractivity contribution in [1.82, 2.24) is 10.9 Å². The van der Waals surface area contributed by atoms with Crippen molar-refractivity contribution in [1.29, 1.82) is 0 Å². The molecule has 2 aromatic rings. The van der Waals surface area contributed by atoms with Crippen LogP contribution in [0, 0.1) is 12.8 Å². The fourth-order valence-electron chi connectivity index (χ4n) is 2.90. The number of benzene rings is 1. The second-order valence-corrected chi connectivity index (χ2v) is 8.62. The monoisotopic (exact) mass is 374 g/mol. The van der Waals surface area contributed by atoms with Crippen molar-refractivity contribution in [2.75, 3.05) is 5.75 Å². The van der Waals surface area contributed by atoms with Gasteiger partial charge in [-0.2, -0.15) is 0 Å². The van der Waals surface area contributed by atoms with E-state index in [0.717, 1.165) is 23.3 Å². The van der Waals surface area contributed by atoms with Crippen molar-refractivity contribution in [3.05, 3.63) is 51.2 Å². The molecule has 1 aliphatic carbocycles. The van der Waals surface area contributed by atoms with Gasteiger partial charge in [0.15, 0.2) is 0 Å². The van der Waals surface area contributed by atoms with Crippen LogP contribution in [-0.4, -0.2) is 17.6 Å². The predicted molar refractivity (Wildman–Crippen MR) is 103 cm³/mol. The smallest absolute Gasteiger partial charge is 0.272 e. The summed E-state index contributed by atoms with van der Waals surface area (Å²) >= 11 is 3.00. The minimum absolute atomic E-state index is 0.212. The lowest BCUT2D eigenvalue weighted by Gasteiger charge is -2.16. The molecule has 0 fully saturated rings. The average Bonchev–Trinajstić information content (AvgIpc) is 3.02. The van der Waals surface area contributed by atoms with Gasteiger partial charge in [-0.15, -0.1) is 23.1 Å². The molecule has 0 unspecified atom stereocenters. The van der Waals surface area contributed by atoms with Gasteiger partial charge in [-0.3, -0.25) is 20.4 Å². The van der Waals surface area contributed by atoms with Gasteiger partial charge in [-0.05, 0) is 55.4 Å². The van der Waals surface area contributed by atoms with Gasteiger partial charge in [0.1, 0.15) is 0 Å². The lowest BCUT2D eigenvalue weighted by Crippen LogP contribution is -2.42. The molecular formula is C19H22N2O2S2. The first-order valence-electron chi connectivity index (χ1n) is 8.42. The van der Waals surface area contributed by atoms with Crippen LogP contribution >= 0.6 is 23.1 Å². The van der Waals surface area contributed by atoms with Crippen molar-refractivity contribution in [2.24, 2.45) is 5.92 Å². The third-order valence-corrected chi connectivity index (χ3v) is 6.73. The number of hydrogen-bond acceptors (Lipinski definition) is 4. The molecule has 0 aliphatic heterocycles. The summed E-state index contributed by atoms with van der Waals surface area (Å²) in [5.74, 6) is 0.498. The molecule has 1 atom stereocenters. The molecule has 0 saturated heterocycles. The summed E-state index contributed by atoms with van der Waals surface area (Å²) in [4.78, 5) is 27.3. The minimum atomic E-state index is -0.235. The van der Waals surface area contributed by atoms with Crippen LogP contribution in [-0.2, 0) is 17.6 Å². The van der Waals surface area contributed by atoms with E-state index < -0.39 is 0 Å². The van der Waals surface area contributed by atoms with Crippen LogP contribution < -0.4 is 10.9 Å². The molecule has 132 valence electrons. The zero-order chi connectivity index (χ0) is 17.8. The molecule has 0 bridgehead atoms. The second kappa shape index (κ2) is 8.06. The van der Waals surface area contributed by atoms with Gasteiger partial charge in [-0.25, -0.2) is 0 Å². The van der Waals surface area contributed by atoms with Crippen molar-refractivity contribution < 1.29 is 9.59 Å². The number of nitrogens with one attached hydrogen (secondary N) is 2. The zero-order valence-corrected chi connectivity index (χ0v) is 16.1. The maximum absolute atomic E-state index is 12.3. The van der Waals surface area contributed by atoms with Crippen molar-refractivity contribution in [3.8, 4) is 0 Å². The van der Waals surface area contributed by atoms with Gasteiger partial charge in [0, 0.05) is 9.77 Å². The molecule has 6 heteroatoms. The number of fused-ring (bicyclic) bond motifs is 1. The molecule has 0 spiro atoms. The van der Waals surface area contributed by atoms with Crippen molar-refractivity contribution in [3.63, 3.8) is 0 Å². The summed E-state index contributed by atoms with van der Waals surface area (Å²) in [5, 5.41) is 0. The maximum atomic E-state index is 12.3. The average molecular weight is 375 g/mol. The van der Waals surface area contributed by atoms with E-state index in [1.165, 1.54) is 28.6 Å². The number of rotatable bonds is 4. The van der Waals surface area contributed by atoms with Gasteiger partial charge >= 0.3 is 0 Å². The van der Waals surface area contributed by atoms with Crippen LogP contribution in [0.3, 0.4) is 0 Å². The highest BCUT2D eigenvalue weighted by molar-refractivity contribution is 8.00. The Bertz CT molecular complexity index is 785. The summed E-state index contributed by atoms with van der Waals surface area (Å²) < 4.78 is 0. The molecule has 2 N–H and O–H groups in total. The van der Waals surface area contributed by atoms with E-state index in [1.54, 1.807) is 11.3 Å². The molecule has 2 amide bonds. The first-order chi connectivity index (χ1) is 12.0. The summed E-state index contributed by atoms with van der Waals surface area (Å²) in [5.41, 5.74) is 7.46. The largest absolute Gasteiger partial charge is 0.279 e. The molecular weight excluding hydrogens is 352 g/mol. The highest BCUT2D eigenvalue weighted by Gasteiger charge is 2.20. The molecule has 1 aliphatic rings. The second-order valence-electron chi connectivity index (χ2n) is 6.46. The normalized spacial score (nSPS) is 16.2. The molecule has 0 radical (unpaired) electrons. The lowest BCUT2D eigenvalue weighted by atomic mass is 9.90. The van der Waals surface area contributed by atoms with Gasteiger partial charge in [-0.1, -0.05) is 25.1 Å². The predicted octanol–water partition coefficient (Wildman–Crippen LogP) is 3.73. The number of amides is 2. The fourth-order valence-corrected chi connectivity index (χ4v) is 4.84. The summed E-state index contributed by atoms with van der Waals surface area (Å²) in [7, 11) is 0. The van der Waals surface area contributed by atoms with E-state index in [-0.39, 0.29) is 17.6 Å². The van der Waals surface area contributed by atoms with E-state index in [4.69, 9.17) is 0 Å². The first kappa shape index (κ1) is 18.0. The molecule has 1 heterocycles. The van der Waals surface area contributed by atoms with E-state index in [1.807, 2.05) is 37.3 Å². The Kier molecular flexibility index (Phi) is 5.81. The van der Waals surface area contributed by atoms with Crippen LogP contribution in [0.4, 0.5) is 0 Å². The van der Waals surface area contributed by atoms with Gasteiger partial charge in [0.2, 0.25) is 5.91 Å². The standard InChI is InChI=1S/C19H22N2O2S2/c1-12-7-8-16-14(9-12)10-17(25-16)19(23)21-20-18(22)11-24-15-6-4-3-5-13(15)2/h3-6,10,12H,7-9,11H2,1-2H3,(H,20,22)(H,21,23)/t12-/m0/s1. The maximum Gasteiger partial charge on any atom is 0.279 e. The molecule has 4 nitrogen and oxygen atoms in total. The van der Waals surface area contributed by atoms with Crippen LogP contribution in [0.25, 0.3) is 0 Å². The van der Waals surface area contributed by atoms with Gasteiger partial charge in [0.25, 0.3) is 5.91 Å². The Labute approximate surface area is 156 Å². The number of hydrazine groups is 1. The van der Waals surface area contributed by atoms with Crippen LogP contribution in [0.15, 0.2) is 35.2 Å². The topological polar surface area (TPSA) is 58.2 Å². The van der Waals surface area contributed by atoms with Crippen LogP contribution in [0.1, 0.15) is 39.0 Å². The molecule has 3 rings (SSSR count). The number of carbonyl (C=O) groups excluding carboxylic acids is 2. The Morgan fingerprint density at radius 2 is 2.08 bits per heavy atom. The van der Waals surface area contributed by atoms with E-state index >= 15 is 0 Å². The molecule has 1 aromatic carbocycles. The quantitative estimate of drug-likeness (QED) is 0.633. The SMILES string of the molecule is Cc1ccccc1SCC(=O)NNC(=O)c1cc2c(s1)CC[C@H](C)C2. The lowest BCUT2D eigenvalue weighted by molar-refractivity contribution is -0.119. The van der Waals surface area contributed by atoms with E-state index in [0.29, 0.717) is 10.8 Å². The first-order valence-corrected chi connectivity index (χ1v) is 10.2. The number of thioether (sulfide) groups is 1. The van der Waals surface area contributed by atoms with Gasteiger partial charge in [0.05, 0.1) is 10.6 Å². The summed E-state index contributed by atoms with van der Waals surface area (Å²) in [6.07, 6.45) is 3.27. The highest BCUT2D eigenvalue weighted by Crippen LogP contribution is 2.32. The Morgan fingerprint density at radius 1 is 1.28 bits per heavy atom. The number of aryl methyl sites for hydroxylation is 2. The zero-order valence-electron chi connectivity index (χ0n) is 14.4. The fraction of sp³-hybridized carbons (Fsp3) is 0.368. The molecule has 1 aromatic heterocycles. The molecule has 25 heavy (non-hydrogen) atoms. The molecule has 0 saturated carbocycles. The van der Waals surface area contributed by atoms with E-state index in [2.05, 4.69) is 17.8 Å².